The van der Waals surface area contributed by atoms with Crippen molar-refractivity contribution in [1.29, 1.82) is 0 Å². The molecule has 15 rings (SSSR count). The summed E-state index contributed by atoms with van der Waals surface area (Å²) in [5.41, 5.74) is 23.7. The lowest BCUT2D eigenvalue weighted by Crippen LogP contribution is -2.34. The van der Waals surface area contributed by atoms with Crippen molar-refractivity contribution in [2.45, 2.75) is 18.3 Å². The molecule has 76 heavy (non-hydrogen) atoms. The zero-order chi connectivity index (χ0) is 50.2. The second-order valence-electron chi connectivity index (χ2n) is 20.2. The van der Waals surface area contributed by atoms with Gasteiger partial charge in [0.05, 0.1) is 22.1 Å². The van der Waals surface area contributed by atoms with E-state index in [1.807, 2.05) is 0 Å². The number of hydrogen-bond donors (Lipinski definition) is 0. The number of hydrogen-bond acceptors (Lipinski definition) is 2. The number of anilines is 2. The van der Waals surface area contributed by atoms with E-state index in [0.29, 0.717) is 0 Å². The lowest BCUT2D eigenvalue weighted by atomic mass is 9.64. The van der Waals surface area contributed by atoms with Gasteiger partial charge in [0.25, 0.3) is 0 Å². The largest absolute Gasteiger partial charge is 0.457 e. The standard InChI is InChI=1S/C73H50N2O/c1-3-23-49(24-4-1)54-29-7-8-30-56(54)57-31-9-10-32-58(57)60-34-12-17-41-68(60)74(52-28-21-25-50(47-52)55-36-22-37-62-61-35-13-18-42-69(61)75(72(55)62)51-26-5-2-6-27-51)53-45-46-65-63(48-53)59-33-11-14-38-64(59)73(65)66-39-15-19-43-70(66)76-71-44-20-16-40-67(71)73/h1-44,47-48H,45-46H2. The van der Waals surface area contributed by atoms with Gasteiger partial charge in [0.15, 0.2) is 0 Å². The van der Waals surface area contributed by atoms with Gasteiger partial charge in [0, 0.05) is 50.1 Å². The Balaban J connectivity index is 0.975. The summed E-state index contributed by atoms with van der Waals surface area (Å²) in [7, 11) is 0. The molecule has 2 heterocycles. The molecule has 0 saturated heterocycles. The molecule has 3 nitrogen and oxygen atoms in total. The Morgan fingerprint density at radius 2 is 0.908 bits per heavy atom. The minimum absolute atomic E-state index is 0.497. The maximum Gasteiger partial charge on any atom is 0.132 e. The molecule has 2 aliphatic carbocycles. The van der Waals surface area contributed by atoms with Gasteiger partial charge in [0.1, 0.15) is 11.5 Å². The Bertz CT molecular complexity index is 4280. The molecule has 0 unspecified atom stereocenters. The lowest BCUT2D eigenvalue weighted by molar-refractivity contribution is 0.431. The van der Waals surface area contributed by atoms with Crippen LogP contribution in [0.1, 0.15) is 35.1 Å². The van der Waals surface area contributed by atoms with Crippen LogP contribution in [0.4, 0.5) is 11.4 Å². The van der Waals surface area contributed by atoms with Crippen LogP contribution < -0.4 is 9.64 Å². The SMILES string of the molecule is C1=C(N(c2cccc(-c3cccc4c5ccccc5n(-c5ccccc5)c34)c2)c2ccccc2-c2ccccc2-c2ccccc2-c2ccccc2)CCC2=C1c1ccccc1C21c2ccccc2Oc2ccccc21. The minimum Gasteiger partial charge on any atom is -0.457 e. The third-order valence-electron chi connectivity index (χ3n) is 16.2. The van der Waals surface area contributed by atoms with Gasteiger partial charge in [-0.1, -0.05) is 224 Å². The van der Waals surface area contributed by atoms with Crippen molar-refractivity contribution < 1.29 is 4.74 Å². The number of allylic oxidation sites excluding steroid dienone is 4. The van der Waals surface area contributed by atoms with E-state index in [0.717, 1.165) is 52.5 Å². The van der Waals surface area contributed by atoms with E-state index < -0.39 is 5.41 Å². The van der Waals surface area contributed by atoms with E-state index in [-0.39, 0.29) is 0 Å². The zero-order valence-corrected chi connectivity index (χ0v) is 41.8. The summed E-state index contributed by atoms with van der Waals surface area (Å²) in [4.78, 5) is 2.58. The van der Waals surface area contributed by atoms with Crippen molar-refractivity contribution in [2.24, 2.45) is 0 Å². The van der Waals surface area contributed by atoms with E-state index in [2.05, 4.69) is 289 Å². The number of benzene rings is 11. The molecule has 0 fully saturated rings. The topological polar surface area (TPSA) is 17.4 Å². The van der Waals surface area contributed by atoms with Gasteiger partial charge in [-0.05, 0) is 123 Å². The van der Waals surface area contributed by atoms with Crippen molar-refractivity contribution in [1.82, 2.24) is 4.57 Å². The number of fused-ring (bicyclic) bond motifs is 11. The molecule has 0 atom stereocenters. The smallest absolute Gasteiger partial charge is 0.132 e. The van der Waals surface area contributed by atoms with Crippen molar-refractivity contribution in [2.75, 3.05) is 4.90 Å². The normalized spacial score (nSPS) is 13.9. The summed E-state index contributed by atoms with van der Waals surface area (Å²) in [5, 5.41) is 2.47. The fourth-order valence-corrected chi connectivity index (χ4v) is 13.1. The highest BCUT2D eigenvalue weighted by Gasteiger charge is 2.52. The molecule has 0 N–H and O–H groups in total. The quantitative estimate of drug-likeness (QED) is 0.151. The average molecular weight is 971 g/mol. The van der Waals surface area contributed by atoms with Crippen LogP contribution in [0.2, 0.25) is 0 Å². The number of para-hydroxylation sites is 6. The Labute approximate surface area is 443 Å². The highest BCUT2D eigenvalue weighted by atomic mass is 16.5. The fourth-order valence-electron chi connectivity index (χ4n) is 13.1. The molecule has 0 amide bonds. The van der Waals surface area contributed by atoms with Gasteiger partial charge < -0.3 is 14.2 Å². The first-order chi connectivity index (χ1) is 37.7. The molecule has 1 aromatic heterocycles. The van der Waals surface area contributed by atoms with Crippen LogP contribution in [0, 0.1) is 0 Å². The summed E-state index contributed by atoms with van der Waals surface area (Å²) < 4.78 is 9.19. The molecule has 358 valence electrons. The summed E-state index contributed by atoms with van der Waals surface area (Å²) in [5.74, 6) is 1.83. The Hall–Kier alpha value is -9.70. The maximum absolute atomic E-state index is 6.74. The molecule has 0 bridgehead atoms. The van der Waals surface area contributed by atoms with Crippen LogP contribution in [0.5, 0.6) is 11.5 Å². The van der Waals surface area contributed by atoms with Crippen molar-refractivity contribution >= 4 is 38.8 Å². The summed E-state index contributed by atoms with van der Waals surface area (Å²) >= 11 is 0. The molecule has 12 aromatic rings. The molecule has 3 aliphatic rings. The van der Waals surface area contributed by atoms with Gasteiger partial charge in [-0.2, -0.15) is 0 Å². The van der Waals surface area contributed by atoms with Crippen LogP contribution in [-0.2, 0) is 5.41 Å². The van der Waals surface area contributed by atoms with Crippen LogP contribution in [0.25, 0.3) is 77.6 Å². The highest BCUT2D eigenvalue weighted by molar-refractivity contribution is 6.14. The van der Waals surface area contributed by atoms with E-state index in [1.54, 1.807) is 0 Å². The number of ether oxygens (including phenoxy) is 1. The fraction of sp³-hybridized carbons (Fsp3) is 0.0411. The van der Waals surface area contributed by atoms with Crippen LogP contribution in [-0.4, -0.2) is 4.57 Å². The minimum atomic E-state index is -0.497. The highest BCUT2D eigenvalue weighted by Crippen LogP contribution is 2.63. The number of rotatable bonds is 8. The average Bonchev–Trinajstić information content (AvgIpc) is 4.20. The molecular formula is C73H50N2O. The van der Waals surface area contributed by atoms with Crippen molar-refractivity contribution in [3.63, 3.8) is 0 Å². The molecular weight excluding hydrogens is 921 g/mol. The first-order valence-electron chi connectivity index (χ1n) is 26.5. The molecule has 0 saturated carbocycles. The van der Waals surface area contributed by atoms with Crippen molar-refractivity contribution in [3.05, 3.63) is 313 Å². The molecule has 1 aliphatic heterocycles. The monoisotopic (exact) mass is 970 g/mol. The van der Waals surface area contributed by atoms with E-state index in [9.17, 15) is 0 Å². The lowest BCUT2D eigenvalue weighted by Gasteiger charge is -2.42. The van der Waals surface area contributed by atoms with Crippen LogP contribution >= 0.6 is 0 Å². The number of aromatic nitrogens is 1. The second-order valence-corrected chi connectivity index (χ2v) is 20.2. The third kappa shape index (κ3) is 6.69. The van der Waals surface area contributed by atoms with Gasteiger partial charge in [-0.15, -0.1) is 0 Å². The molecule has 3 heteroatoms. The Morgan fingerprint density at radius 3 is 1.66 bits per heavy atom. The van der Waals surface area contributed by atoms with Crippen molar-refractivity contribution in [3.8, 4) is 61.7 Å². The molecule has 0 radical (unpaired) electrons. The van der Waals surface area contributed by atoms with Crippen LogP contribution in [0.15, 0.2) is 290 Å². The van der Waals surface area contributed by atoms with Gasteiger partial charge in [-0.25, -0.2) is 0 Å². The van der Waals surface area contributed by atoms with E-state index in [4.69, 9.17) is 4.74 Å². The predicted octanol–water partition coefficient (Wildman–Crippen LogP) is 19.2. The summed E-state index contributed by atoms with van der Waals surface area (Å²) in [6.07, 6.45) is 4.20. The molecule has 11 aromatic carbocycles. The molecule has 1 spiro atoms. The summed E-state index contributed by atoms with van der Waals surface area (Å²) in [6.45, 7) is 0. The Morgan fingerprint density at radius 1 is 0.382 bits per heavy atom. The Kier molecular flexibility index (Phi) is 10.2. The number of nitrogens with zero attached hydrogens (tertiary/aromatic N) is 2. The van der Waals surface area contributed by atoms with Gasteiger partial charge in [-0.3, -0.25) is 0 Å². The van der Waals surface area contributed by atoms with Crippen LogP contribution in [0.3, 0.4) is 0 Å². The van der Waals surface area contributed by atoms with E-state index in [1.165, 1.54) is 94.3 Å². The predicted molar refractivity (Wildman–Crippen MR) is 315 cm³/mol. The summed E-state index contributed by atoms with van der Waals surface area (Å²) in [6, 6.07) is 99.8. The second kappa shape index (κ2) is 17.8. The van der Waals surface area contributed by atoms with Gasteiger partial charge >= 0.3 is 0 Å². The van der Waals surface area contributed by atoms with Gasteiger partial charge in [0.2, 0.25) is 0 Å². The zero-order valence-electron chi connectivity index (χ0n) is 41.8. The first kappa shape index (κ1) is 43.8. The van der Waals surface area contributed by atoms with E-state index >= 15 is 0 Å². The third-order valence-corrected chi connectivity index (χ3v) is 16.2. The maximum atomic E-state index is 6.74. The first-order valence-corrected chi connectivity index (χ1v) is 26.5.